The minimum atomic E-state index is -1.02. The molecule has 1 aliphatic carbocycles. The van der Waals surface area contributed by atoms with Gasteiger partial charge in [0, 0.05) is 0 Å². The van der Waals surface area contributed by atoms with Crippen molar-refractivity contribution in [1.29, 1.82) is 5.26 Å². The number of nitrogens with one attached hydrogen (secondary N) is 1. The topological polar surface area (TPSA) is 73.1 Å². The normalized spacial score (nSPS) is 26.8. The molecule has 1 fully saturated rings. The average molecular weight is 210 g/mol. The van der Waals surface area contributed by atoms with E-state index < -0.39 is 11.5 Å². The molecule has 1 aliphatic rings. The van der Waals surface area contributed by atoms with Crippen LogP contribution in [0.4, 0.5) is 0 Å². The van der Waals surface area contributed by atoms with Crippen LogP contribution in [0.2, 0.25) is 0 Å². The first-order valence-electron chi connectivity index (χ1n) is 5.37. The zero-order valence-corrected chi connectivity index (χ0v) is 9.29. The fraction of sp³-hybridized carbons (Fsp3) is 0.818. The largest absolute Gasteiger partial charge is 0.391 e. The second kappa shape index (κ2) is 4.63. The van der Waals surface area contributed by atoms with Crippen LogP contribution in [-0.4, -0.2) is 23.2 Å². The van der Waals surface area contributed by atoms with Crippen molar-refractivity contribution in [3.05, 3.63) is 0 Å². The third kappa shape index (κ3) is 2.93. The molecule has 4 nitrogen and oxygen atoms in total. The van der Waals surface area contributed by atoms with E-state index in [9.17, 15) is 9.90 Å². The fourth-order valence-electron chi connectivity index (χ4n) is 1.68. The van der Waals surface area contributed by atoms with Crippen molar-refractivity contribution in [3.63, 3.8) is 0 Å². The summed E-state index contributed by atoms with van der Waals surface area (Å²) in [6, 6.07) is 1.77. The molecule has 0 heterocycles. The lowest BCUT2D eigenvalue weighted by molar-refractivity contribution is -0.128. The van der Waals surface area contributed by atoms with E-state index in [1.165, 1.54) is 0 Å². The van der Waals surface area contributed by atoms with Gasteiger partial charge in [-0.05, 0) is 26.7 Å². The molecular formula is C11H18N2O2. The molecular weight excluding hydrogens is 192 g/mol. The Balaban J connectivity index is 2.54. The molecule has 0 spiro atoms. The van der Waals surface area contributed by atoms with E-state index in [-0.39, 0.29) is 11.9 Å². The summed E-state index contributed by atoms with van der Waals surface area (Å²) in [4.78, 5) is 11.7. The first-order chi connectivity index (χ1) is 6.97. The summed E-state index contributed by atoms with van der Waals surface area (Å²) >= 11 is 0. The van der Waals surface area contributed by atoms with Gasteiger partial charge in [0.25, 0.3) is 0 Å². The summed E-state index contributed by atoms with van der Waals surface area (Å²) in [6.45, 7) is 3.16. The van der Waals surface area contributed by atoms with Crippen molar-refractivity contribution in [2.45, 2.75) is 51.7 Å². The molecule has 4 heteroatoms. The molecule has 1 amide bonds. The van der Waals surface area contributed by atoms with Gasteiger partial charge in [0.15, 0.2) is 0 Å². The molecule has 1 rings (SSSR count). The molecule has 2 atom stereocenters. The van der Waals surface area contributed by atoms with Gasteiger partial charge in [-0.2, -0.15) is 5.26 Å². The lowest BCUT2D eigenvalue weighted by Gasteiger charge is -2.30. The summed E-state index contributed by atoms with van der Waals surface area (Å²) < 4.78 is 0. The molecule has 84 valence electrons. The first-order valence-corrected chi connectivity index (χ1v) is 5.37. The number of hydrogen-bond donors (Lipinski definition) is 2. The highest BCUT2D eigenvalue weighted by atomic mass is 16.3. The third-order valence-electron chi connectivity index (χ3n) is 2.89. The molecule has 0 saturated heterocycles. The van der Waals surface area contributed by atoms with Gasteiger partial charge in [0.2, 0.25) is 5.91 Å². The predicted molar refractivity (Wildman–Crippen MR) is 55.8 cm³/mol. The van der Waals surface area contributed by atoms with Gasteiger partial charge in [-0.3, -0.25) is 4.79 Å². The third-order valence-corrected chi connectivity index (χ3v) is 2.89. The van der Waals surface area contributed by atoms with Gasteiger partial charge in [0.1, 0.15) is 5.41 Å². The Morgan fingerprint density at radius 1 is 1.47 bits per heavy atom. The second-order valence-corrected chi connectivity index (χ2v) is 4.67. The zero-order chi connectivity index (χ0) is 11.5. The van der Waals surface area contributed by atoms with Gasteiger partial charge in [-0.25, -0.2) is 0 Å². The van der Waals surface area contributed by atoms with Crippen LogP contribution in [0.1, 0.15) is 39.5 Å². The van der Waals surface area contributed by atoms with Gasteiger partial charge in [0.05, 0.1) is 18.2 Å². The number of carbonyl (C=O) groups excluding carboxylic acids is 1. The van der Waals surface area contributed by atoms with Crippen LogP contribution in [0.3, 0.4) is 0 Å². The van der Waals surface area contributed by atoms with Gasteiger partial charge >= 0.3 is 0 Å². The average Bonchev–Trinajstić information content (AvgIpc) is 2.21. The molecule has 0 aromatic carbocycles. The summed E-state index contributed by atoms with van der Waals surface area (Å²) in [5.41, 5.74) is -1.02. The van der Waals surface area contributed by atoms with Gasteiger partial charge in [-0.15, -0.1) is 0 Å². The number of nitriles is 1. The molecule has 15 heavy (non-hydrogen) atoms. The van der Waals surface area contributed by atoms with Crippen molar-refractivity contribution in [3.8, 4) is 6.07 Å². The number of hydrogen-bond acceptors (Lipinski definition) is 3. The van der Waals surface area contributed by atoms with Crippen molar-refractivity contribution >= 4 is 5.91 Å². The maximum Gasteiger partial charge on any atom is 0.240 e. The summed E-state index contributed by atoms with van der Waals surface area (Å²) in [7, 11) is 0. The van der Waals surface area contributed by atoms with E-state index in [4.69, 9.17) is 5.26 Å². The van der Waals surface area contributed by atoms with Gasteiger partial charge < -0.3 is 10.4 Å². The monoisotopic (exact) mass is 210 g/mol. The minimum absolute atomic E-state index is 0.182. The second-order valence-electron chi connectivity index (χ2n) is 4.67. The molecule has 2 N–H and O–H groups in total. The van der Waals surface area contributed by atoms with Crippen molar-refractivity contribution in [2.24, 2.45) is 5.41 Å². The number of amides is 1. The Morgan fingerprint density at radius 2 is 2.07 bits per heavy atom. The fourth-order valence-corrected chi connectivity index (χ4v) is 1.68. The number of nitrogens with zero attached hydrogens (tertiary/aromatic N) is 1. The van der Waals surface area contributed by atoms with Crippen molar-refractivity contribution < 1.29 is 9.90 Å². The minimum Gasteiger partial charge on any atom is -0.391 e. The van der Waals surface area contributed by atoms with Crippen LogP contribution in [-0.2, 0) is 4.79 Å². The van der Waals surface area contributed by atoms with Crippen LogP contribution >= 0.6 is 0 Å². The smallest absolute Gasteiger partial charge is 0.240 e. The Labute approximate surface area is 90.3 Å². The molecule has 0 aromatic heterocycles. The number of carbonyl (C=O) groups is 1. The highest BCUT2D eigenvalue weighted by Gasteiger charge is 2.32. The highest BCUT2D eigenvalue weighted by Crippen LogP contribution is 2.20. The van der Waals surface area contributed by atoms with Crippen LogP contribution in [0.25, 0.3) is 0 Å². The molecule has 0 aliphatic heterocycles. The Hall–Kier alpha value is -1.08. The Bertz CT molecular complexity index is 281. The van der Waals surface area contributed by atoms with Gasteiger partial charge in [-0.1, -0.05) is 12.8 Å². The summed E-state index contributed by atoms with van der Waals surface area (Å²) in [5.74, 6) is -0.295. The maximum absolute atomic E-state index is 11.7. The predicted octanol–water partition coefficient (Wildman–Crippen LogP) is 0.956. The number of rotatable bonds is 2. The highest BCUT2D eigenvalue weighted by molar-refractivity contribution is 5.84. The molecule has 2 unspecified atom stereocenters. The van der Waals surface area contributed by atoms with Crippen LogP contribution < -0.4 is 5.32 Å². The van der Waals surface area contributed by atoms with Crippen molar-refractivity contribution in [2.75, 3.05) is 0 Å². The van der Waals surface area contributed by atoms with E-state index in [1.807, 2.05) is 6.07 Å². The quantitative estimate of drug-likeness (QED) is 0.712. The Morgan fingerprint density at radius 3 is 2.60 bits per heavy atom. The lowest BCUT2D eigenvalue weighted by Crippen LogP contribution is -2.49. The zero-order valence-electron chi connectivity index (χ0n) is 9.29. The standard InChI is InChI=1S/C11H18N2O2/c1-11(2,7-12)10(15)13-8-5-3-4-6-9(8)14/h8-9,14H,3-6H2,1-2H3,(H,13,15). The molecule has 1 saturated carbocycles. The van der Waals surface area contributed by atoms with E-state index >= 15 is 0 Å². The van der Waals surface area contributed by atoms with E-state index in [0.717, 1.165) is 25.7 Å². The summed E-state index contributed by atoms with van der Waals surface area (Å²) in [5, 5.41) is 21.2. The Kier molecular flexibility index (Phi) is 3.70. The maximum atomic E-state index is 11.7. The summed E-state index contributed by atoms with van der Waals surface area (Å²) in [6.07, 6.45) is 3.11. The van der Waals surface area contributed by atoms with Crippen LogP contribution in [0.5, 0.6) is 0 Å². The van der Waals surface area contributed by atoms with Crippen molar-refractivity contribution in [1.82, 2.24) is 5.32 Å². The van der Waals surface area contributed by atoms with E-state index in [0.29, 0.717) is 0 Å². The number of aliphatic hydroxyl groups is 1. The molecule has 0 aromatic rings. The molecule has 0 bridgehead atoms. The van der Waals surface area contributed by atoms with Crippen LogP contribution in [0.15, 0.2) is 0 Å². The molecule has 0 radical (unpaired) electrons. The number of aliphatic hydroxyl groups excluding tert-OH is 1. The van der Waals surface area contributed by atoms with Crippen LogP contribution in [0, 0.1) is 16.7 Å². The first kappa shape index (κ1) is 12.0. The SMILES string of the molecule is CC(C)(C#N)C(=O)NC1CCCCC1O. The van der Waals surface area contributed by atoms with E-state index in [2.05, 4.69) is 5.32 Å². The lowest BCUT2D eigenvalue weighted by atomic mass is 9.89. The van der Waals surface area contributed by atoms with E-state index in [1.54, 1.807) is 13.8 Å².